The second-order valence-corrected chi connectivity index (χ2v) is 7.31. The minimum Gasteiger partial charge on any atom is -0.493 e. The highest BCUT2D eigenvalue weighted by Crippen LogP contribution is 2.35. The van der Waals surface area contributed by atoms with Crippen LogP contribution in [-0.2, 0) is 19.2 Å². The number of piperidine rings is 1. The second kappa shape index (κ2) is 9.60. The Hall–Kier alpha value is -3.10. The molecule has 0 aromatic heterocycles. The van der Waals surface area contributed by atoms with Crippen LogP contribution in [0.2, 0.25) is 0 Å². The van der Waals surface area contributed by atoms with Gasteiger partial charge in [-0.3, -0.25) is 14.4 Å². The molecule has 1 fully saturated rings. The zero-order valence-corrected chi connectivity index (χ0v) is 17.3. The lowest BCUT2D eigenvalue weighted by Crippen LogP contribution is -2.47. The molecule has 2 heterocycles. The molecule has 2 aliphatic heterocycles. The van der Waals surface area contributed by atoms with E-state index in [4.69, 9.17) is 14.3 Å². The van der Waals surface area contributed by atoms with Crippen LogP contribution in [0.25, 0.3) is 0 Å². The van der Waals surface area contributed by atoms with Gasteiger partial charge in [-0.2, -0.15) is 0 Å². The van der Waals surface area contributed by atoms with Crippen molar-refractivity contribution >= 4 is 23.5 Å². The van der Waals surface area contributed by atoms with Crippen LogP contribution in [0.4, 0.5) is 0 Å². The lowest BCUT2D eigenvalue weighted by atomic mass is 9.86. The van der Waals surface area contributed by atoms with Crippen molar-refractivity contribution in [3.05, 3.63) is 29.8 Å². The predicted molar refractivity (Wildman–Crippen MR) is 108 cm³/mol. The van der Waals surface area contributed by atoms with Gasteiger partial charge >= 0.3 is 5.97 Å². The summed E-state index contributed by atoms with van der Waals surface area (Å²) in [6.45, 7) is 5.03. The van der Waals surface area contributed by atoms with Crippen LogP contribution < -0.4 is 10.1 Å². The maximum Gasteiger partial charge on any atom is 0.302 e. The molecule has 0 bridgehead atoms. The number of amides is 2. The molecule has 0 aliphatic carbocycles. The first-order valence-corrected chi connectivity index (χ1v) is 10.1. The number of hydrogen-bond acceptors (Lipinski definition) is 7. The monoisotopic (exact) mass is 417 g/mol. The van der Waals surface area contributed by atoms with E-state index in [1.54, 1.807) is 17.0 Å². The quantitative estimate of drug-likeness (QED) is 0.533. The number of nitrogens with one attached hydrogen (secondary N) is 1. The van der Waals surface area contributed by atoms with Crippen molar-refractivity contribution in [3.63, 3.8) is 0 Å². The maximum atomic E-state index is 12.9. The number of hydrogen-bond donors (Lipinski definition) is 1. The lowest BCUT2D eigenvalue weighted by Gasteiger charge is -2.37. The molecule has 2 amide bonds. The molecule has 0 unspecified atom stereocenters. The molecule has 1 spiro atoms. The van der Waals surface area contributed by atoms with Crippen LogP contribution >= 0.6 is 0 Å². The van der Waals surface area contributed by atoms with Crippen molar-refractivity contribution in [3.8, 4) is 5.75 Å². The van der Waals surface area contributed by atoms with Crippen molar-refractivity contribution in [2.45, 2.75) is 38.7 Å². The van der Waals surface area contributed by atoms with Crippen LogP contribution in [0, 0.1) is 0 Å². The minimum atomic E-state index is -0.557. The molecule has 1 aromatic rings. The highest BCUT2D eigenvalue weighted by molar-refractivity contribution is 6.39. The SMILES string of the molecule is CCOc1ccccc1C(=O)N1CCC2(CC1)CC(C(=O)NCCOC(C)=O)=NO2. The van der Waals surface area contributed by atoms with E-state index in [1.165, 1.54) is 6.92 Å². The van der Waals surface area contributed by atoms with E-state index >= 15 is 0 Å². The highest BCUT2D eigenvalue weighted by atomic mass is 16.7. The van der Waals surface area contributed by atoms with E-state index in [0.717, 1.165) is 0 Å². The summed E-state index contributed by atoms with van der Waals surface area (Å²) >= 11 is 0. The van der Waals surface area contributed by atoms with Gasteiger partial charge in [0.1, 0.15) is 23.7 Å². The summed E-state index contributed by atoms with van der Waals surface area (Å²) in [5, 5.41) is 6.63. The normalized spacial score (nSPS) is 17.1. The summed E-state index contributed by atoms with van der Waals surface area (Å²) < 4.78 is 10.4. The molecular formula is C21H27N3O6. The van der Waals surface area contributed by atoms with Crippen LogP contribution in [0.1, 0.15) is 43.5 Å². The third kappa shape index (κ3) is 5.08. The molecule has 0 atom stereocenters. The molecule has 9 nitrogen and oxygen atoms in total. The van der Waals surface area contributed by atoms with Gasteiger partial charge in [-0.25, -0.2) is 0 Å². The predicted octanol–water partition coefficient (Wildman–Crippen LogP) is 1.52. The summed E-state index contributed by atoms with van der Waals surface area (Å²) in [5.41, 5.74) is 0.310. The topological polar surface area (TPSA) is 107 Å². The van der Waals surface area contributed by atoms with Crippen LogP contribution in [0.3, 0.4) is 0 Å². The number of likely N-dealkylation sites (tertiary alicyclic amines) is 1. The number of oxime groups is 1. The maximum absolute atomic E-state index is 12.9. The van der Waals surface area contributed by atoms with E-state index in [1.807, 2.05) is 19.1 Å². The van der Waals surface area contributed by atoms with Gasteiger partial charge in [-0.1, -0.05) is 17.3 Å². The molecular weight excluding hydrogens is 390 g/mol. The minimum absolute atomic E-state index is 0.0729. The summed E-state index contributed by atoms with van der Waals surface area (Å²) in [5.74, 6) is -0.215. The van der Waals surface area contributed by atoms with Crippen LogP contribution in [0.15, 0.2) is 29.4 Å². The van der Waals surface area contributed by atoms with Gasteiger partial charge in [0, 0.05) is 39.3 Å². The molecule has 0 saturated carbocycles. The Balaban J connectivity index is 1.51. The van der Waals surface area contributed by atoms with E-state index in [0.29, 0.717) is 56.0 Å². The Labute approximate surface area is 175 Å². The van der Waals surface area contributed by atoms with Gasteiger partial charge in [0.25, 0.3) is 11.8 Å². The van der Waals surface area contributed by atoms with Crippen LogP contribution in [-0.4, -0.2) is 66.8 Å². The Bertz CT molecular complexity index is 830. The zero-order chi connectivity index (χ0) is 21.6. The lowest BCUT2D eigenvalue weighted by molar-refractivity contribution is -0.141. The summed E-state index contributed by atoms with van der Waals surface area (Å²) in [7, 11) is 0. The highest BCUT2D eigenvalue weighted by Gasteiger charge is 2.44. The Morgan fingerprint density at radius 2 is 1.97 bits per heavy atom. The van der Waals surface area contributed by atoms with Gasteiger partial charge < -0.3 is 24.5 Å². The molecule has 1 N–H and O–H groups in total. The molecule has 1 saturated heterocycles. The number of esters is 1. The fourth-order valence-corrected chi connectivity index (χ4v) is 3.59. The zero-order valence-electron chi connectivity index (χ0n) is 17.3. The summed E-state index contributed by atoms with van der Waals surface area (Å²) in [6, 6.07) is 7.23. The molecule has 162 valence electrons. The van der Waals surface area contributed by atoms with E-state index in [-0.39, 0.29) is 25.0 Å². The van der Waals surface area contributed by atoms with Crippen LogP contribution in [0.5, 0.6) is 5.75 Å². The van der Waals surface area contributed by atoms with Crippen molar-refractivity contribution in [1.29, 1.82) is 0 Å². The fraction of sp³-hybridized carbons (Fsp3) is 0.524. The number of para-hydroxylation sites is 1. The number of benzene rings is 1. The van der Waals surface area contributed by atoms with Crippen molar-refractivity contribution in [2.24, 2.45) is 5.16 Å². The largest absolute Gasteiger partial charge is 0.493 e. The van der Waals surface area contributed by atoms with Gasteiger partial charge in [-0.15, -0.1) is 0 Å². The molecule has 0 radical (unpaired) electrons. The van der Waals surface area contributed by atoms with Crippen molar-refractivity contribution < 1.29 is 28.7 Å². The molecule has 9 heteroatoms. The van der Waals surface area contributed by atoms with E-state index < -0.39 is 11.6 Å². The smallest absolute Gasteiger partial charge is 0.302 e. The first-order valence-electron chi connectivity index (χ1n) is 10.1. The number of ether oxygens (including phenoxy) is 2. The number of carbonyl (C=O) groups excluding carboxylic acids is 3. The third-order valence-electron chi connectivity index (χ3n) is 5.17. The van der Waals surface area contributed by atoms with E-state index in [9.17, 15) is 14.4 Å². The van der Waals surface area contributed by atoms with Gasteiger partial charge in [0.2, 0.25) is 0 Å². The molecule has 3 rings (SSSR count). The average molecular weight is 417 g/mol. The number of nitrogens with zero attached hydrogens (tertiary/aromatic N) is 2. The first kappa shape index (κ1) is 21.6. The van der Waals surface area contributed by atoms with E-state index in [2.05, 4.69) is 10.5 Å². The van der Waals surface area contributed by atoms with Gasteiger partial charge in [0.15, 0.2) is 0 Å². The van der Waals surface area contributed by atoms with Crippen molar-refractivity contribution in [2.75, 3.05) is 32.8 Å². The molecule has 1 aromatic carbocycles. The molecule has 30 heavy (non-hydrogen) atoms. The summed E-state index contributed by atoms with van der Waals surface area (Å²) in [6.07, 6.45) is 1.57. The van der Waals surface area contributed by atoms with Crippen molar-refractivity contribution in [1.82, 2.24) is 10.2 Å². The Kier molecular flexibility index (Phi) is 6.91. The number of rotatable bonds is 7. The Morgan fingerprint density at radius 3 is 2.67 bits per heavy atom. The first-order chi connectivity index (χ1) is 14.4. The third-order valence-corrected chi connectivity index (χ3v) is 5.17. The van der Waals surface area contributed by atoms with Gasteiger partial charge in [0.05, 0.1) is 18.7 Å². The number of carbonyl (C=O) groups is 3. The summed E-state index contributed by atoms with van der Waals surface area (Å²) in [4.78, 5) is 43.3. The molecule has 2 aliphatic rings. The van der Waals surface area contributed by atoms with Gasteiger partial charge in [-0.05, 0) is 19.1 Å². The fourth-order valence-electron chi connectivity index (χ4n) is 3.59. The average Bonchev–Trinajstić information content (AvgIpc) is 3.15. The standard InChI is InChI=1S/C21H27N3O6/c1-3-28-18-7-5-4-6-16(18)20(27)24-11-8-21(9-12-24)14-17(23-30-21)19(26)22-10-13-29-15(2)25/h4-7H,3,8-14H2,1-2H3,(H,22,26). The Morgan fingerprint density at radius 1 is 1.23 bits per heavy atom. The second-order valence-electron chi connectivity index (χ2n) is 7.31.